The van der Waals surface area contributed by atoms with E-state index in [9.17, 15) is 32.8 Å². The van der Waals surface area contributed by atoms with E-state index in [0.717, 1.165) is 35.5 Å². The maximum atomic E-state index is 13.6. The van der Waals surface area contributed by atoms with Gasteiger partial charge in [-0.25, -0.2) is 4.79 Å². The van der Waals surface area contributed by atoms with E-state index in [2.05, 4.69) is 16.2 Å². The van der Waals surface area contributed by atoms with Gasteiger partial charge in [0, 0.05) is 31.7 Å². The largest absolute Gasteiger partial charge is 0.492 e. The van der Waals surface area contributed by atoms with Crippen LogP contribution in [0.25, 0.3) is 11.1 Å². The average molecular weight is 557 g/mol. The molecule has 2 amide bonds. The number of nitrogens with zero attached hydrogens (tertiary/aromatic N) is 3. The second-order valence-electron chi connectivity index (χ2n) is 9.98. The lowest BCUT2D eigenvalue weighted by Gasteiger charge is -2.33. The fourth-order valence-electron chi connectivity index (χ4n) is 5.10. The summed E-state index contributed by atoms with van der Waals surface area (Å²) in [5.74, 6) is -4.12. The number of benzene rings is 2. The van der Waals surface area contributed by atoms with Crippen LogP contribution in [0.1, 0.15) is 60.4 Å². The molecule has 2 aliphatic rings. The number of rotatable bonds is 7. The number of amides is 2. The summed E-state index contributed by atoms with van der Waals surface area (Å²) < 4.78 is 38.2. The van der Waals surface area contributed by atoms with E-state index in [1.54, 1.807) is 17.0 Å². The van der Waals surface area contributed by atoms with Crippen LogP contribution in [0.3, 0.4) is 0 Å². The van der Waals surface area contributed by atoms with E-state index in [-0.39, 0.29) is 25.4 Å². The van der Waals surface area contributed by atoms with Crippen molar-refractivity contribution in [2.24, 2.45) is 0 Å². The lowest BCUT2D eigenvalue weighted by atomic mass is 9.90. The molecule has 2 heterocycles. The second-order valence-corrected chi connectivity index (χ2v) is 9.98. The Morgan fingerprint density at radius 3 is 2.35 bits per heavy atom. The summed E-state index contributed by atoms with van der Waals surface area (Å²) in [4.78, 5) is 44.2. The molecule has 2 aromatic rings. The highest BCUT2D eigenvalue weighted by atomic mass is 19.4. The summed E-state index contributed by atoms with van der Waals surface area (Å²) in [6.07, 6.45) is -1.13. The first-order valence-corrected chi connectivity index (χ1v) is 13.4. The van der Waals surface area contributed by atoms with E-state index in [4.69, 9.17) is 0 Å². The van der Waals surface area contributed by atoms with Gasteiger partial charge in [0.1, 0.15) is 6.04 Å². The molecule has 2 aromatic carbocycles. The van der Waals surface area contributed by atoms with Crippen molar-refractivity contribution in [1.82, 2.24) is 15.3 Å². The smallest absolute Gasteiger partial charge is 0.360 e. The maximum absolute atomic E-state index is 13.6. The van der Waals surface area contributed by atoms with Crippen LogP contribution in [0.4, 0.5) is 13.2 Å². The quantitative estimate of drug-likeness (QED) is 0.536. The summed E-state index contributed by atoms with van der Waals surface area (Å²) in [7, 11) is 0. The molecule has 2 aliphatic heterocycles. The molecule has 11 heteroatoms. The van der Waals surface area contributed by atoms with Crippen LogP contribution in [0, 0.1) is 11.3 Å². The minimum atomic E-state index is -5.19. The lowest BCUT2D eigenvalue weighted by Crippen LogP contribution is -2.51. The van der Waals surface area contributed by atoms with Crippen molar-refractivity contribution in [3.8, 4) is 17.2 Å². The van der Waals surface area contributed by atoms with E-state index in [1.165, 1.54) is 0 Å². The van der Waals surface area contributed by atoms with Gasteiger partial charge in [-0.15, -0.1) is 5.06 Å². The van der Waals surface area contributed by atoms with Crippen molar-refractivity contribution in [2.45, 2.75) is 56.7 Å². The van der Waals surface area contributed by atoms with Crippen LogP contribution in [-0.2, 0) is 14.4 Å². The van der Waals surface area contributed by atoms with Crippen LogP contribution < -0.4 is 5.32 Å². The summed E-state index contributed by atoms with van der Waals surface area (Å²) in [6, 6.07) is 15.9. The van der Waals surface area contributed by atoms with E-state index < -0.39 is 30.0 Å². The van der Waals surface area contributed by atoms with Crippen LogP contribution in [0.15, 0.2) is 48.5 Å². The first-order chi connectivity index (χ1) is 19.2. The zero-order valence-electron chi connectivity index (χ0n) is 22.0. The molecule has 1 N–H and O–H groups in total. The third kappa shape index (κ3) is 6.99. The van der Waals surface area contributed by atoms with Crippen LogP contribution in [0.5, 0.6) is 0 Å². The first kappa shape index (κ1) is 29.1. The minimum absolute atomic E-state index is 0.0168. The number of nitriles is 1. The van der Waals surface area contributed by atoms with Gasteiger partial charge in [0.15, 0.2) is 0 Å². The van der Waals surface area contributed by atoms with Crippen molar-refractivity contribution < 1.29 is 32.4 Å². The number of likely N-dealkylation sites (tertiary alicyclic amines) is 1. The molecule has 0 aromatic heterocycles. The topological polar surface area (TPSA) is 103 Å². The molecule has 2 atom stereocenters. The van der Waals surface area contributed by atoms with Crippen molar-refractivity contribution in [3.63, 3.8) is 0 Å². The highest BCUT2D eigenvalue weighted by molar-refractivity contribution is 5.97. The monoisotopic (exact) mass is 556 g/mol. The molecular weight excluding hydrogens is 525 g/mol. The van der Waals surface area contributed by atoms with Gasteiger partial charge in [0.25, 0.3) is 5.91 Å². The number of nitrogens with one attached hydrogen (secondary N) is 1. The second kappa shape index (κ2) is 13.0. The molecule has 0 unspecified atom stereocenters. The van der Waals surface area contributed by atoms with E-state index in [1.807, 2.05) is 36.4 Å². The third-order valence-electron chi connectivity index (χ3n) is 7.23. The summed E-state index contributed by atoms with van der Waals surface area (Å²) >= 11 is 0. The molecule has 0 saturated carbocycles. The molecule has 0 bridgehead atoms. The fourth-order valence-corrected chi connectivity index (χ4v) is 5.10. The molecular formula is C29H31F3N4O4. The Bertz CT molecular complexity index is 1260. The average Bonchev–Trinajstić information content (AvgIpc) is 2.97. The number of hydrogen-bond acceptors (Lipinski definition) is 6. The Hall–Kier alpha value is -3.91. The molecule has 2 fully saturated rings. The molecule has 212 valence electrons. The van der Waals surface area contributed by atoms with Gasteiger partial charge in [-0.1, -0.05) is 42.5 Å². The Labute approximate surface area is 230 Å². The minimum Gasteiger partial charge on any atom is -0.360 e. The van der Waals surface area contributed by atoms with Crippen molar-refractivity contribution >= 4 is 17.8 Å². The van der Waals surface area contributed by atoms with E-state index >= 15 is 0 Å². The number of halogens is 3. The van der Waals surface area contributed by atoms with Gasteiger partial charge in [0.2, 0.25) is 5.91 Å². The fraction of sp³-hybridized carbons (Fsp3) is 0.448. The predicted octanol–water partition coefficient (Wildman–Crippen LogP) is 4.58. The summed E-state index contributed by atoms with van der Waals surface area (Å²) in [5.41, 5.74) is 2.56. The lowest BCUT2D eigenvalue weighted by molar-refractivity contribution is -0.248. The van der Waals surface area contributed by atoms with Gasteiger partial charge in [-0.05, 0) is 61.3 Å². The maximum Gasteiger partial charge on any atom is 0.492 e. The Morgan fingerprint density at radius 1 is 0.975 bits per heavy atom. The molecule has 4 rings (SSSR count). The van der Waals surface area contributed by atoms with Crippen molar-refractivity contribution in [1.29, 1.82) is 5.26 Å². The van der Waals surface area contributed by atoms with Crippen LogP contribution in [0.2, 0.25) is 0 Å². The van der Waals surface area contributed by atoms with Crippen LogP contribution in [-0.4, -0.2) is 66.1 Å². The SMILES string of the molecule is N#C[C@@H](CNC(=O)[C@@H]1CCCCN1OC(=O)C(F)(F)F)c1ccc(-c2ccccc2)cc1C(=O)N1CCCCC1. The number of piperidine rings is 2. The van der Waals surface area contributed by atoms with Crippen LogP contribution >= 0.6 is 0 Å². The van der Waals surface area contributed by atoms with Gasteiger partial charge < -0.3 is 15.1 Å². The number of carbonyl (C=O) groups is 3. The number of carbonyl (C=O) groups excluding carboxylic acids is 3. The Kier molecular flexibility index (Phi) is 9.42. The van der Waals surface area contributed by atoms with Gasteiger partial charge in [0.05, 0.1) is 12.0 Å². The normalized spacial score (nSPS) is 18.9. The number of alkyl halides is 3. The molecule has 0 radical (unpaired) electrons. The third-order valence-corrected chi connectivity index (χ3v) is 7.23. The molecule has 40 heavy (non-hydrogen) atoms. The summed E-state index contributed by atoms with van der Waals surface area (Å²) in [6.45, 7) is 1.06. The first-order valence-electron chi connectivity index (χ1n) is 13.4. The van der Waals surface area contributed by atoms with E-state index in [0.29, 0.717) is 37.1 Å². The Morgan fingerprint density at radius 2 is 1.68 bits per heavy atom. The molecule has 8 nitrogen and oxygen atoms in total. The summed E-state index contributed by atoms with van der Waals surface area (Å²) in [5, 5.41) is 13.4. The zero-order valence-corrected chi connectivity index (χ0v) is 22.0. The highest BCUT2D eigenvalue weighted by Gasteiger charge is 2.44. The standard InChI is InChI=1S/C29H31F3N4O4/c30-29(31,32)28(39)40-36-16-8-5-11-25(36)26(37)34-19-22(18-33)23-13-12-21(20-9-3-1-4-10-20)17-24(23)27(38)35-14-6-2-7-15-35/h1,3-4,9-10,12-13,17,22,25H,2,5-8,11,14-16,19H2,(H,34,37)/t22-,25-/m0/s1. The highest BCUT2D eigenvalue weighted by Crippen LogP contribution is 2.29. The zero-order chi connectivity index (χ0) is 28.7. The van der Waals surface area contributed by atoms with Gasteiger partial charge in [-0.2, -0.15) is 18.4 Å². The van der Waals surface area contributed by atoms with Gasteiger partial charge >= 0.3 is 12.1 Å². The Balaban J connectivity index is 1.54. The molecule has 0 spiro atoms. The van der Waals surface area contributed by atoms with Gasteiger partial charge in [-0.3, -0.25) is 9.59 Å². The van der Waals surface area contributed by atoms with Crippen molar-refractivity contribution in [3.05, 3.63) is 59.7 Å². The predicted molar refractivity (Wildman–Crippen MR) is 139 cm³/mol. The number of hydroxylamine groups is 2. The van der Waals surface area contributed by atoms with Crippen molar-refractivity contribution in [2.75, 3.05) is 26.2 Å². The molecule has 2 saturated heterocycles. The molecule has 0 aliphatic carbocycles. The number of hydrogen-bond donors (Lipinski definition) is 1.